The molecule has 0 spiro atoms. The second-order valence-electron chi connectivity index (χ2n) is 4.44. The minimum atomic E-state index is -0.965. The molecule has 1 aliphatic rings. The zero-order valence-corrected chi connectivity index (χ0v) is 10.1. The van der Waals surface area contributed by atoms with Gasteiger partial charge in [-0.15, -0.1) is 0 Å². The van der Waals surface area contributed by atoms with Crippen LogP contribution in [0.1, 0.15) is 18.1 Å². The van der Waals surface area contributed by atoms with Crippen LogP contribution in [0.3, 0.4) is 0 Å². The summed E-state index contributed by atoms with van der Waals surface area (Å²) in [6, 6.07) is 4.25. The van der Waals surface area contributed by atoms with Gasteiger partial charge >= 0.3 is 0 Å². The molecular formula is C12H15ClFNO2. The van der Waals surface area contributed by atoms with Crippen molar-refractivity contribution in [2.45, 2.75) is 12.5 Å². The van der Waals surface area contributed by atoms with Crippen molar-refractivity contribution in [1.29, 1.82) is 0 Å². The lowest BCUT2D eigenvalue weighted by Gasteiger charge is -2.31. The number of benzene rings is 1. The van der Waals surface area contributed by atoms with Crippen molar-refractivity contribution in [2.24, 2.45) is 11.1 Å². The van der Waals surface area contributed by atoms with Crippen molar-refractivity contribution in [3.63, 3.8) is 0 Å². The van der Waals surface area contributed by atoms with Crippen LogP contribution in [-0.4, -0.2) is 24.9 Å². The molecule has 0 radical (unpaired) electrons. The summed E-state index contributed by atoms with van der Waals surface area (Å²) in [5, 5.41) is 10.6. The van der Waals surface area contributed by atoms with E-state index in [0.29, 0.717) is 24.7 Å². The first-order valence-electron chi connectivity index (χ1n) is 5.50. The molecule has 1 heterocycles. The van der Waals surface area contributed by atoms with Gasteiger partial charge in [-0.25, -0.2) is 4.39 Å². The van der Waals surface area contributed by atoms with Crippen LogP contribution < -0.4 is 5.73 Å². The van der Waals surface area contributed by atoms with E-state index < -0.39 is 17.3 Å². The van der Waals surface area contributed by atoms with Gasteiger partial charge in [-0.2, -0.15) is 0 Å². The summed E-state index contributed by atoms with van der Waals surface area (Å²) in [5.74, 6) is -0.510. The highest BCUT2D eigenvalue weighted by Crippen LogP contribution is 2.41. The summed E-state index contributed by atoms with van der Waals surface area (Å²) in [7, 11) is 0. The second-order valence-corrected chi connectivity index (χ2v) is 4.87. The van der Waals surface area contributed by atoms with E-state index in [2.05, 4.69) is 0 Å². The van der Waals surface area contributed by atoms with Crippen LogP contribution in [0.15, 0.2) is 18.2 Å². The van der Waals surface area contributed by atoms with Gasteiger partial charge in [-0.05, 0) is 18.6 Å². The van der Waals surface area contributed by atoms with Gasteiger partial charge in [-0.3, -0.25) is 0 Å². The largest absolute Gasteiger partial charge is 0.388 e. The number of nitrogens with two attached hydrogens (primary N) is 1. The molecule has 2 rings (SSSR count). The molecule has 0 saturated carbocycles. The predicted molar refractivity (Wildman–Crippen MR) is 63.3 cm³/mol. The molecule has 1 saturated heterocycles. The third kappa shape index (κ3) is 2.31. The molecule has 2 unspecified atom stereocenters. The quantitative estimate of drug-likeness (QED) is 0.871. The minimum absolute atomic E-state index is 0.227. The second kappa shape index (κ2) is 4.90. The molecule has 17 heavy (non-hydrogen) atoms. The lowest BCUT2D eigenvalue weighted by atomic mass is 9.78. The zero-order valence-electron chi connectivity index (χ0n) is 9.33. The molecule has 0 aromatic heterocycles. The van der Waals surface area contributed by atoms with Crippen LogP contribution >= 0.6 is 11.6 Å². The first-order chi connectivity index (χ1) is 8.09. The Labute approximate surface area is 104 Å². The third-order valence-electron chi connectivity index (χ3n) is 3.38. The van der Waals surface area contributed by atoms with E-state index in [1.165, 1.54) is 12.1 Å². The van der Waals surface area contributed by atoms with E-state index in [0.717, 1.165) is 0 Å². The van der Waals surface area contributed by atoms with Gasteiger partial charge < -0.3 is 15.6 Å². The Bertz CT molecular complexity index is 407. The smallest absolute Gasteiger partial charge is 0.130 e. The van der Waals surface area contributed by atoms with E-state index in [-0.39, 0.29) is 12.1 Å². The van der Waals surface area contributed by atoms with Crippen molar-refractivity contribution in [1.82, 2.24) is 0 Å². The zero-order chi connectivity index (χ0) is 12.5. The Balaban J connectivity index is 2.32. The van der Waals surface area contributed by atoms with Crippen molar-refractivity contribution < 1.29 is 14.2 Å². The molecule has 0 amide bonds. The van der Waals surface area contributed by atoms with Gasteiger partial charge in [0.25, 0.3) is 0 Å². The first kappa shape index (κ1) is 12.8. The van der Waals surface area contributed by atoms with E-state index in [4.69, 9.17) is 22.1 Å². The maximum absolute atomic E-state index is 13.7. The first-order valence-corrected chi connectivity index (χ1v) is 5.88. The summed E-state index contributed by atoms with van der Waals surface area (Å²) < 4.78 is 19.0. The molecule has 1 aromatic carbocycles. The van der Waals surface area contributed by atoms with E-state index in [9.17, 15) is 9.50 Å². The van der Waals surface area contributed by atoms with Crippen LogP contribution in [0.25, 0.3) is 0 Å². The highest BCUT2D eigenvalue weighted by Gasteiger charge is 2.42. The van der Waals surface area contributed by atoms with E-state index in [1.54, 1.807) is 6.07 Å². The van der Waals surface area contributed by atoms with Gasteiger partial charge in [0.15, 0.2) is 0 Å². The average Bonchev–Trinajstić information content (AvgIpc) is 2.78. The topological polar surface area (TPSA) is 55.5 Å². The van der Waals surface area contributed by atoms with Gasteiger partial charge in [0.1, 0.15) is 5.82 Å². The lowest BCUT2D eigenvalue weighted by molar-refractivity contribution is 0.0168. The Morgan fingerprint density at radius 1 is 1.59 bits per heavy atom. The van der Waals surface area contributed by atoms with Gasteiger partial charge in [0.2, 0.25) is 0 Å². The minimum Gasteiger partial charge on any atom is -0.388 e. The number of rotatable bonds is 3. The van der Waals surface area contributed by atoms with Gasteiger partial charge in [-0.1, -0.05) is 17.7 Å². The number of hydrogen-bond acceptors (Lipinski definition) is 3. The van der Waals surface area contributed by atoms with Crippen LogP contribution in [0, 0.1) is 11.2 Å². The van der Waals surface area contributed by atoms with Crippen LogP contribution in [0.4, 0.5) is 4.39 Å². The van der Waals surface area contributed by atoms with Crippen molar-refractivity contribution in [2.75, 3.05) is 19.8 Å². The summed E-state index contributed by atoms with van der Waals surface area (Å²) in [5.41, 5.74) is 5.34. The standard InChI is InChI=1S/C12H15ClFNO2/c13-8-1-2-9(10(14)5-8)11(16)12(6-15)3-4-17-7-12/h1-2,5,11,16H,3-4,6-7,15H2. The number of hydrogen-bond donors (Lipinski definition) is 2. The molecule has 94 valence electrons. The Kier molecular flexibility index (Phi) is 3.68. The van der Waals surface area contributed by atoms with Crippen LogP contribution in [0.5, 0.6) is 0 Å². The SMILES string of the molecule is NCC1(C(O)c2ccc(Cl)cc2F)CCOC1. The van der Waals surface area contributed by atoms with Crippen molar-refractivity contribution >= 4 is 11.6 Å². The maximum atomic E-state index is 13.7. The number of halogens is 2. The van der Waals surface area contributed by atoms with E-state index >= 15 is 0 Å². The van der Waals surface area contributed by atoms with Crippen LogP contribution in [-0.2, 0) is 4.74 Å². The monoisotopic (exact) mass is 259 g/mol. The lowest BCUT2D eigenvalue weighted by Crippen LogP contribution is -2.37. The Morgan fingerprint density at radius 2 is 2.35 bits per heavy atom. The molecule has 3 N–H and O–H groups in total. The fourth-order valence-electron chi connectivity index (χ4n) is 2.16. The number of aliphatic hydroxyl groups excluding tert-OH is 1. The van der Waals surface area contributed by atoms with Gasteiger partial charge in [0.05, 0.1) is 12.7 Å². The summed E-state index contributed by atoms with van der Waals surface area (Å²) in [6.45, 7) is 1.16. The van der Waals surface area contributed by atoms with E-state index in [1.807, 2.05) is 0 Å². The predicted octanol–water partition coefficient (Wildman–Crippen LogP) is 1.88. The molecular weight excluding hydrogens is 245 g/mol. The average molecular weight is 260 g/mol. The highest BCUT2D eigenvalue weighted by atomic mass is 35.5. The van der Waals surface area contributed by atoms with Gasteiger partial charge in [0, 0.05) is 29.2 Å². The summed E-state index contributed by atoms with van der Waals surface area (Å²) in [6.07, 6.45) is -0.334. The summed E-state index contributed by atoms with van der Waals surface area (Å²) in [4.78, 5) is 0. The maximum Gasteiger partial charge on any atom is 0.130 e. The Morgan fingerprint density at radius 3 is 2.88 bits per heavy atom. The van der Waals surface area contributed by atoms with Crippen molar-refractivity contribution in [3.05, 3.63) is 34.6 Å². The fourth-order valence-corrected chi connectivity index (χ4v) is 2.32. The third-order valence-corrected chi connectivity index (χ3v) is 3.61. The molecule has 2 atom stereocenters. The normalized spacial score (nSPS) is 26.1. The summed E-state index contributed by atoms with van der Waals surface area (Å²) >= 11 is 5.68. The Hall–Kier alpha value is -0.680. The highest BCUT2D eigenvalue weighted by molar-refractivity contribution is 6.30. The molecule has 0 bridgehead atoms. The van der Waals surface area contributed by atoms with Crippen molar-refractivity contribution in [3.8, 4) is 0 Å². The molecule has 1 aliphatic heterocycles. The van der Waals surface area contributed by atoms with Crippen LogP contribution in [0.2, 0.25) is 5.02 Å². The molecule has 1 fully saturated rings. The molecule has 0 aliphatic carbocycles. The molecule has 1 aromatic rings. The molecule has 3 nitrogen and oxygen atoms in total. The fraction of sp³-hybridized carbons (Fsp3) is 0.500. The molecule has 5 heteroatoms. The number of aliphatic hydroxyl groups is 1. The number of ether oxygens (including phenoxy) is 1.